The molecule has 2 rings (SSSR count). The van der Waals surface area contributed by atoms with Gasteiger partial charge in [-0.1, -0.05) is 18.2 Å². The van der Waals surface area contributed by atoms with Gasteiger partial charge in [0.25, 0.3) is 5.91 Å². The van der Waals surface area contributed by atoms with Gasteiger partial charge < -0.3 is 14.5 Å². The molecule has 0 radical (unpaired) electrons. The molecule has 1 aromatic carbocycles. The van der Waals surface area contributed by atoms with E-state index in [0.717, 1.165) is 18.7 Å². The monoisotopic (exact) mass is 350 g/mol. The summed E-state index contributed by atoms with van der Waals surface area (Å²) in [4.78, 5) is 28.4. The summed E-state index contributed by atoms with van der Waals surface area (Å²) in [6, 6.07) is 9.38. The van der Waals surface area contributed by atoms with E-state index in [1.807, 2.05) is 46.4 Å². The summed E-state index contributed by atoms with van der Waals surface area (Å²) in [7, 11) is 0. The zero-order chi connectivity index (χ0) is 17.4. The molecule has 6 heteroatoms. The molecule has 0 bridgehead atoms. The predicted molar refractivity (Wildman–Crippen MR) is 97.3 cm³/mol. The maximum atomic E-state index is 12.6. The van der Waals surface area contributed by atoms with E-state index in [1.54, 1.807) is 18.7 Å². The summed E-state index contributed by atoms with van der Waals surface area (Å²) in [6.45, 7) is 4.36. The van der Waals surface area contributed by atoms with Crippen LogP contribution in [0.4, 0.5) is 0 Å². The van der Waals surface area contributed by atoms with Gasteiger partial charge in [0, 0.05) is 38.4 Å². The lowest BCUT2D eigenvalue weighted by molar-refractivity contribution is -0.138. The van der Waals surface area contributed by atoms with Crippen LogP contribution in [0.3, 0.4) is 0 Å². The van der Waals surface area contributed by atoms with Gasteiger partial charge in [0.1, 0.15) is 5.75 Å². The van der Waals surface area contributed by atoms with Crippen molar-refractivity contribution in [3.63, 3.8) is 0 Å². The Balaban J connectivity index is 1.86. The number of para-hydroxylation sites is 1. The van der Waals surface area contributed by atoms with Crippen LogP contribution in [-0.2, 0) is 9.59 Å². The van der Waals surface area contributed by atoms with Crippen molar-refractivity contribution in [3.05, 3.63) is 30.3 Å². The Morgan fingerprint density at radius 1 is 1.12 bits per heavy atom. The molecule has 5 nitrogen and oxygen atoms in total. The van der Waals surface area contributed by atoms with Crippen LogP contribution in [0.25, 0.3) is 0 Å². The fourth-order valence-corrected chi connectivity index (χ4v) is 3.12. The maximum absolute atomic E-state index is 12.6. The number of carbonyl (C=O) groups excluding carboxylic acids is 2. The maximum Gasteiger partial charge on any atom is 0.263 e. The molecule has 1 aromatic rings. The van der Waals surface area contributed by atoms with Crippen LogP contribution < -0.4 is 4.74 Å². The molecule has 1 unspecified atom stereocenters. The van der Waals surface area contributed by atoms with Crippen molar-refractivity contribution in [2.24, 2.45) is 0 Å². The van der Waals surface area contributed by atoms with E-state index < -0.39 is 6.10 Å². The van der Waals surface area contributed by atoms with Crippen molar-refractivity contribution in [2.75, 3.05) is 38.2 Å². The number of rotatable bonds is 6. The van der Waals surface area contributed by atoms with Crippen LogP contribution in [-0.4, -0.2) is 65.9 Å². The van der Waals surface area contributed by atoms with Crippen LogP contribution >= 0.6 is 11.8 Å². The molecule has 0 N–H and O–H groups in total. The average molecular weight is 350 g/mol. The number of carbonyl (C=O) groups is 2. The first-order valence-electron chi connectivity index (χ1n) is 8.39. The van der Waals surface area contributed by atoms with Crippen molar-refractivity contribution >= 4 is 23.6 Å². The Morgan fingerprint density at radius 2 is 1.79 bits per heavy atom. The first-order chi connectivity index (χ1) is 11.6. The van der Waals surface area contributed by atoms with E-state index in [9.17, 15) is 9.59 Å². The molecule has 24 heavy (non-hydrogen) atoms. The van der Waals surface area contributed by atoms with Gasteiger partial charge in [-0.15, -0.1) is 0 Å². The van der Waals surface area contributed by atoms with Gasteiger partial charge in [-0.25, -0.2) is 0 Å². The van der Waals surface area contributed by atoms with Crippen LogP contribution in [0.2, 0.25) is 0 Å². The number of benzene rings is 1. The summed E-state index contributed by atoms with van der Waals surface area (Å²) in [5.74, 6) is 1.71. The molecule has 1 saturated heterocycles. The van der Waals surface area contributed by atoms with Crippen LogP contribution in [0, 0.1) is 0 Å². The molecule has 1 atom stereocenters. The van der Waals surface area contributed by atoms with Gasteiger partial charge in [-0.3, -0.25) is 9.59 Å². The van der Waals surface area contributed by atoms with Gasteiger partial charge in [-0.05, 0) is 31.7 Å². The van der Waals surface area contributed by atoms with E-state index in [2.05, 4.69) is 0 Å². The molecule has 132 valence electrons. The van der Waals surface area contributed by atoms with Gasteiger partial charge in [0.2, 0.25) is 5.91 Å². The van der Waals surface area contributed by atoms with Gasteiger partial charge in [0.15, 0.2) is 6.10 Å². The van der Waals surface area contributed by atoms with E-state index in [4.69, 9.17) is 4.74 Å². The largest absolute Gasteiger partial charge is 0.481 e. The lowest BCUT2D eigenvalue weighted by atomic mass is 10.3. The zero-order valence-corrected chi connectivity index (χ0v) is 15.3. The molecule has 0 saturated carbocycles. The van der Waals surface area contributed by atoms with Crippen molar-refractivity contribution in [3.8, 4) is 5.75 Å². The highest BCUT2D eigenvalue weighted by atomic mass is 32.2. The number of ether oxygens (including phenoxy) is 1. The number of nitrogens with zero attached hydrogens (tertiary/aromatic N) is 2. The van der Waals surface area contributed by atoms with E-state index in [0.29, 0.717) is 31.8 Å². The summed E-state index contributed by atoms with van der Waals surface area (Å²) >= 11 is 1.68. The van der Waals surface area contributed by atoms with Gasteiger partial charge in [-0.2, -0.15) is 11.8 Å². The minimum Gasteiger partial charge on any atom is -0.481 e. The van der Waals surface area contributed by atoms with Crippen molar-refractivity contribution in [2.45, 2.75) is 25.9 Å². The Kier molecular flexibility index (Phi) is 7.43. The molecule has 0 aromatic heterocycles. The highest BCUT2D eigenvalue weighted by Crippen LogP contribution is 2.13. The van der Waals surface area contributed by atoms with Gasteiger partial charge >= 0.3 is 0 Å². The third-order valence-corrected chi connectivity index (χ3v) is 4.70. The van der Waals surface area contributed by atoms with Crippen molar-refractivity contribution in [1.29, 1.82) is 0 Å². The standard InChI is InChI=1S/C18H26N2O3S/c1-15(23-16-7-4-3-5-8-16)18(22)20-11-6-10-19(12-13-20)17(21)9-14-24-2/h3-5,7-8,15H,6,9-14H2,1-2H3. The van der Waals surface area contributed by atoms with Crippen molar-refractivity contribution < 1.29 is 14.3 Å². The predicted octanol–water partition coefficient (Wildman–Crippen LogP) is 2.27. The summed E-state index contributed by atoms with van der Waals surface area (Å²) in [5.41, 5.74) is 0. The topological polar surface area (TPSA) is 49.9 Å². The normalized spacial score (nSPS) is 16.4. The first kappa shape index (κ1) is 18.6. The third-order valence-electron chi connectivity index (χ3n) is 4.08. The average Bonchev–Trinajstić information content (AvgIpc) is 2.86. The van der Waals surface area contributed by atoms with Crippen LogP contribution in [0.1, 0.15) is 19.8 Å². The number of thioether (sulfide) groups is 1. The second-order valence-electron chi connectivity index (χ2n) is 5.88. The van der Waals surface area contributed by atoms with E-state index in [1.165, 1.54) is 0 Å². The SMILES string of the molecule is CSCCC(=O)N1CCCN(C(=O)C(C)Oc2ccccc2)CC1. The highest BCUT2D eigenvalue weighted by molar-refractivity contribution is 7.98. The first-order valence-corrected chi connectivity index (χ1v) is 9.78. The molecule has 0 spiro atoms. The fraction of sp³-hybridized carbons (Fsp3) is 0.556. The van der Waals surface area contributed by atoms with E-state index >= 15 is 0 Å². The molecular weight excluding hydrogens is 324 g/mol. The number of amides is 2. The van der Waals surface area contributed by atoms with Crippen molar-refractivity contribution in [1.82, 2.24) is 9.80 Å². The molecule has 1 aliphatic rings. The molecule has 2 amide bonds. The Bertz CT molecular complexity index is 538. The Hall–Kier alpha value is -1.69. The summed E-state index contributed by atoms with van der Waals surface area (Å²) in [6.07, 6.45) is 2.87. The Morgan fingerprint density at radius 3 is 2.50 bits per heavy atom. The molecular formula is C18H26N2O3S. The second kappa shape index (κ2) is 9.57. The number of hydrogen-bond acceptors (Lipinski definition) is 4. The van der Waals surface area contributed by atoms with Crippen LogP contribution in [0.5, 0.6) is 5.75 Å². The zero-order valence-electron chi connectivity index (χ0n) is 14.4. The lowest BCUT2D eigenvalue weighted by Crippen LogP contribution is -2.43. The smallest absolute Gasteiger partial charge is 0.263 e. The Labute approximate surface area is 148 Å². The van der Waals surface area contributed by atoms with Crippen LogP contribution in [0.15, 0.2) is 30.3 Å². The molecule has 1 fully saturated rings. The number of hydrogen-bond donors (Lipinski definition) is 0. The minimum absolute atomic E-state index is 0.0164. The fourth-order valence-electron chi connectivity index (χ4n) is 2.75. The highest BCUT2D eigenvalue weighted by Gasteiger charge is 2.25. The molecule has 1 aliphatic heterocycles. The second-order valence-corrected chi connectivity index (χ2v) is 6.86. The van der Waals surface area contributed by atoms with Gasteiger partial charge in [0.05, 0.1) is 0 Å². The molecule has 0 aliphatic carbocycles. The lowest BCUT2D eigenvalue weighted by Gasteiger charge is -2.25. The molecule has 1 heterocycles. The summed E-state index contributed by atoms with van der Waals surface area (Å²) < 4.78 is 5.72. The third kappa shape index (κ3) is 5.44. The van der Waals surface area contributed by atoms with E-state index in [-0.39, 0.29) is 11.8 Å². The summed E-state index contributed by atoms with van der Waals surface area (Å²) in [5, 5.41) is 0. The minimum atomic E-state index is -0.522. The quantitative estimate of drug-likeness (QED) is 0.790.